The molecule has 0 bridgehead atoms. The summed E-state index contributed by atoms with van der Waals surface area (Å²) in [5, 5.41) is 6.17. The van der Waals surface area contributed by atoms with Crippen LogP contribution in [0.5, 0.6) is 0 Å². The van der Waals surface area contributed by atoms with Crippen molar-refractivity contribution in [1.82, 2.24) is 10.6 Å². The van der Waals surface area contributed by atoms with Crippen molar-refractivity contribution in [3.05, 3.63) is 70.8 Å². The molecule has 310 valence electrons. The van der Waals surface area contributed by atoms with Gasteiger partial charge in [0.1, 0.15) is 12.1 Å². The number of nitrogens with one attached hydrogen (secondary N) is 2. The molecule has 57 heavy (non-hydrogen) atoms. The number of carbonyl (C=O) groups excluding carboxylic acids is 3. The minimum absolute atomic E-state index is 0.0779. The lowest BCUT2D eigenvalue weighted by molar-refractivity contribution is -0.253. The highest BCUT2D eigenvalue weighted by Gasteiger charge is 2.58. The van der Waals surface area contributed by atoms with Crippen molar-refractivity contribution in [3.63, 3.8) is 0 Å². The number of benzene rings is 2. The van der Waals surface area contributed by atoms with Crippen molar-refractivity contribution < 1.29 is 28.9 Å². The van der Waals surface area contributed by atoms with Crippen LogP contribution < -0.4 is 10.6 Å². The Labute approximate surface area is 341 Å². The van der Waals surface area contributed by atoms with Crippen LogP contribution in [-0.4, -0.2) is 50.2 Å². The number of ether oxygens (including phenoxy) is 1. The highest BCUT2D eigenvalue weighted by atomic mass is 17.2. The van der Waals surface area contributed by atoms with Crippen LogP contribution in [0, 0.1) is 40.4 Å². The van der Waals surface area contributed by atoms with Gasteiger partial charge in [-0.05, 0) is 146 Å². The first kappa shape index (κ1) is 41.7. The van der Waals surface area contributed by atoms with Crippen LogP contribution in [0.15, 0.2) is 54.1 Å². The summed E-state index contributed by atoms with van der Waals surface area (Å²) in [7, 11) is 1.28. The van der Waals surface area contributed by atoms with E-state index in [1.165, 1.54) is 81.6 Å². The van der Waals surface area contributed by atoms with Gasteiger partial charge in [0.15, 0.2) is 0 Å². The Bertz CT molecular complexity index is 1790. The highest BCUT2D eigenvalue weighted by Crippen LogP contribution is 2.67. The van der Waals surface area contributed by atoms with Crippen LogP contribution >= 0.6 is 0 Å². The summed E-state index contributed by atoms with van der Waals surface area (Å²) in [5.74, 6) is 3.00. The predicted molar refractivity (Wildman–Crippen MR) is 224 cm³/mol. The Morgan fingerprint density at radius 2 is 1.68 bits per heavy atom. The van der Waals surface area contributed by atoms with Gasteiger partial charge in [0.05, 0.1) is 13.7 Å². The van der Waals surface area contributed by atoms with Gasteiger partial charge in [-0.15, -0.1) is 0 Å². The van der Waals surface area contributed by atoms with Crippen molar-refractivity contribution >= 4 is 17.8 Å². The molecular formula is C49H68N2O6. The average Bonchev–Trinajstić information content (AvgIpc) is 3.75. The lowest BCUT2D eigenvalue weighted by atomic mass is 9.47. The van der Waals surface area contributed by atoms with E-state index in [0.717, 1.165) is 60.5 Å². The smallest absolute Gasteiger partial charge is 0.355 e. The van der Waals surface area contributed by atoms with E-state index < -0.39 is 12.0 Å². The summed E-state index contributed by atoms with van der Waals surface area (Å²) in [6, 6.07) is 13.6. The maximum Gasteiger partial charge on any atom is 0.355 e. The van der Waals surface area contributed by atoms with Crippen molar-refractivity contribution in [3.8, 4) is 11.1 Å². The molecule has 5 aliphatic rings. The largest absolute Gasteiger partial charge is 0.461 e. The monoisotopic (exact) mass is 781 g/mol. The van der Waals surface area contributed by atoms with E-state index in [0.29, 0.717) is 42.7 Å². The minimum Gasteiger partial charge on any atom is -0.461 e. The number of allylic oxidation sites excluding steroid dienone is 1. The summed E-state index contributed by atoms with van der Waals surface area (Å²) in [4.78, 5) is 48.4. The van der Waals surface area contributed by atoms with Gasteiger partial charge in [-0.2, -0.15) is 4.89 Å². The van der Waals surface area contributed by atoms with Gasteiger partial charge < -0.3 is 10.1 Å². The van der Waals surface area contributed by atoms with Crippen LogP contribution in [0.3, 0.4) is 0 Å². The lowest BCUT2D eigenvalue weighted by Gasteiger charge is -2.58. The quantitative estimate of drug-likeness (QED) is 0.0462. The molecule has 0 radical (unpaired) electrons. The molecule has 8 nitrogen and oxygen atoms in total. The van der Waals surface area contributed by atoms with Crippen LogP contribution in [0.2, 0.25) is 0 Å². The van der Waals surface area contributed by atoms with Crippen LogP contribution in [0.4, 0.5) is 0 Å². The first-order valence-electron chi connectivity index (χ1n) is 22.4. The van der Waals surface area contributed by atoms with Crippen molar-refractivity contribution in [2.45, 2.75) is 143 Å². The first-order chi connectivity index (χ1) is 27.5. The Hall–Kier alpha value is -3.49. The number of amides is 1. The van der Waals surface area contributed by atoms with Crippen LogP contribution in [-0.2, 0) is 30.5 Å². The zero-order valence-electron chi connectivity index (χ0n) is 35.3. The summed E-state index contributed by atoms with van der Waals surface area (Å²) in [6.45, 7) is 10.2. The normalized spacial score (nSPS) is 28.9. The first-order valence-corrected chi connectivity index (χ1v) is 22.4. The summed E-state index contributed by atoms with van der Waals surface area (Å²) >= 11 is 0. The molecule has 2 N–H and O–H groups in total. The van der Waals surface area contributed by atoms with Gasteiger partial charge in [0.25, 0.3) is 5.91 Å². The maximum absolute atomic E-state index is 13.8. The molecule has 0 saturated heterocycles. The highest BCUT2D eigenvalue weighted by molar-refractivity contribution is 5.99. The predicted octanol–water partition coefficient (Wildman–Crippen LogP) is 9.93. The number of esters is 1. The Kier molecular flexibility index (Phi) is 13.3. The summed E-state index contributed by atoms with van der Waals surface area (Å²) in [6.07, 6.45) is 19.9. The minimum atomic E-state index is -0.671. The van der Waals surface area contributed by atoms with Gasteiger partial charge in [-0.3, -0.25) is 19.8 Å². The lowest BCUT2D eigenvalue weighted by Crippen LogP contribution is -2.51. The van der Waals surface area contributed by atoms with Crippen molar-refractivity contribution in [2.75, 3.05) is 20.2 Å². The van der Waals surface area contributed by atoms with E-state index in [2.05, 4.69) is 72.4 Å². The standard InChI is InChI=1S/C49H68N2O6/c1-32(2)13-6-8-15-34-21-23-42-40-22-20-35-30-36(24-26-49(35,4)43(40)25-27-48(34,42)3)56-47(54)44(51-31-45(52)57-55-5)19-10-11-28-50-46(53)39-18-12-17-38-37-16-9-7-14-33(37)29-41(38)39/h7,9,12,14,16-18,20,32,34,36,40,42-44,51H,6,8,10-11,13,15,19,21-31H2,1-5H3,(H,50,53). The van der Waals surface area contributed by atoms with E-state index in [1.54, 1.807) is 0 Å². The number of rotatable bonds is 17. The second-order valence-electron chi connectivity index (χ2n) is 19.0. The molecule has 2 aromatic rings. The Morgan fingerprint density at radius 1 is 0.877 bits per heavy atom. The summed E-state index contributed by atoms with van der Waals surface area (Å²) in [5.41, 5.74) is 7.53. The number of hydrogen-bond acceptors (Lipinski definition) is 7. The Balaban J connectivity index is 0.913. The number of fused-ring (bicyclic) bond motifs is 8. The fraction of sp³-hybridized carbons (Fsp3) is 0.653. The van der Waals surface area contributed by atoms with E-state index in [9.17, 15) is 14.4 Å². The molecule has 1 amide bonds. The molecule has 3 saturated carbocycles. The van der Waals surface area contributed by atoms with Gasteiger partial charge >= 0.3 is 11.9 Å². The van der Waals surface area contributed by atoms with Gasteiger partial charge in [-0.1, -0.05) is 95.0 Å². The number of unbranched alkanes of at least 4 members (excludes halogenated alkanes) is 2. The molecule has 8 unspecified atom stereocenters. The number of carbonyl (C=O) groups is 3. The second-order valence-corrected chi connectivity index (χ2v) is 19.0. The molecule has 0 spiro atoms. The molecule has 0 heterocycles. The van der Waals surface area contributed by atoms with Gasteiger partial charge in [0.2, 0.25) is 0 Å². The molecule has 5 aliphatic carbocycles. The molecular weight excluding hydrogens is 713 g/mol. The second kappa shape index (κ2) is 18.2. The number of hydrogen-bond donors (Lipinski definition) is 2. The maximum atomic E-state index is 13.8. The van der Waals surface area contributed by atoms with Crippen molar-refractivity contribution in [2.24, 2.45) is 40.4 Å². The third-order valence-electron chi connectivity index (χ3n) is 15.4. The van der Waals surface area contributed by atoms with Crippen molar-refractivity contribution in [1.29, 1.82) is 0 Å². The molecule has 2 aromatic carbocycles. The third kappa shape index (κ3) is 8.93. The Morgan fingerprint density at radius 3 is 2.51 bits per heavy atom. The fourth-order valence-corrected chi connectivity index (χ4v) is 12.3. The SMILES string of the molecule is COOC(=O)CNC(CCCCNC(=O)c1cccc2c1Cc1ccccc1-2)C(=O)OC1CCC2(C)C(=CCC3C2CCC2(C)C(CCCCC(C)C)CCC32)C1. The summed E-state index contributed by atoms with van der Waals surface area (Å²) < 4.78 is 6.26. The fourth-order valence-electron chi connectivity index (χ4n) is 12.3. The van der Waals surface area contributed by atoms with E-state index in [4.69, 9.17) is 4.74 Å². The van der Waals surface area contributed by atoms with E-state index in [1.807, 2.05) is 24.3 Å². The zero-order valence-corrected chi connectivity index (χ0v) is 35.3. The van der Waals surface area contributed by atoms with E-state index >= 15 is 0 Å². The van der Waals surface area contributed by atoms with Crippen LogP contribution in [0.25, 0.3) is 11.1 Å². The molecule has 0 aromatic heterocycles. The average molecular weight is 781 g/mol. The molecule has 8 heteroatoms. The molecule has 7 rings (SSSR count). The molecule has 0 aliphatic heterocycles. The third-order valence-corrected chi connectivity index (χ3v) is 15.4. The van der Waals surface area contributed by atoms with Gasteiger partial charge in [-0.25, -0.2) is 4.79 Å². The van der Waals surface area contributed by atoms with E-state index in [-0.39, 0.29) is 29.9 Å². The zero-order chi connectivity index (χ0) is 40.2. The molecule has 3 fully saturated rings. The topological polar surface area (TPSA) is 103 Å². The molecule has 8 atom stereocenters. The van der Waals surface area contributed by atoms with Gasteiger partial charge in [0, 0.05) is 18.5 Å². The van der Waals surface area contributed by atoms with Crippen LogP contribution in [0.1, 0.15) is 145 Å².